The minimum absolute atomic E-state index is 0.0200. The number of hydrogen-bond acceptors (Lipinski definition) is 5. The summed E-state index contributed by atoms with van der Waals surface area (Å²) >= 11 is 0. The van der Waals surface area contributed by atoms with Crippen LogP contribution < -0.4 is 5.32 Å². The zero-order valence-corrected chi connectivity index (χ0v) is 20.5. The van der Waals surface area contributed by atoms with E-state index in [0.717, 1.165) is 24.2 Å². The van der Waals surface area contributed by atoms with E-state index >= 15 is 0 Å². The van der Waals surface area contributed by atoms with Crippen LogP contribution >= 0.6 is 0 Å². The van der Waals surface area contributed by atoms with Crippen molar-refractivity contribution in [2.45, 2.75) is 70.9 Å². The van der Waals surface area contributed by atoms with Crippen LogP contribution in [0.1, 0.15) is 52.8 Å². The van der Waals surface area contributed by atoms with Crippen LogP contribution in [0.5, 0.6) is 0 Å². The first-order valence-corrected chi connectivity index (χ1v) is 13.0. The summed E-state index contributed by atoms with van der Waals surface area (Å²) in [6.07, 6.45) is 2.92. The fourth-order valence-corrected chi connectivity index (χ4v) is 5.46. The zero-order valence-electron chi connectivity index (χ0n) is 19.6. The molecule has 2 aromatic rings. The molecule has 1 atom stereocenters. The van der Waals surface area contributed by atoms with Crippen molar-refractivity contribution in [3.8, 4) is 0 Å². The predicted octanol–water partition coefficient (Wildman–Crippen LogP) is 2.95. The summed E-state index contributed by atoms with van der Waals surface area (Å²) in [5.41, 5.74) is 1.52. The van der Waals surface area contributed by atoms with Gasteiger partial charge in [-0.3, -0.25) is 4.79 Å². The molecule has 178 valence electrons. The van der Waals surface area contributed by atoms with E-state index in [-0.39, 0.29) is 16.8 Å². The number of rotatable bonds is 10. The highest BCUT2D eigenvalue weighted by Crippen LogP contribution is 2.24. The summed E-state index contributed by atoms with van der Waals surface area (Å²) in [7, 11) is -3.57. The minimum Gasteiger partial charge on any atom is -0.379 e. The molecular formula is C23H36N4O4S. The molecule has 0 saturated carbocycles. The maximum absolute atomic E-state index is 13.0. The molecule has 0 bridgehead atoms. The molecule has 1 N–H and O–H groups in total. The summed E-state index contributed by atoms with van der Waals surface area (Å²) in [5.74, 6) is 1.44. The number of morpholine rings is 1. The third kappa shape index (κ3) is 5.88. The van der Waals surface area contributed by atoms with Crippen LogP contribution in [0.3, 0.4) is 0 Å². The standard InChI is InChI=1S/C23H36N4O4S/c1-5-27-21-9-8-19(32(29,30)26-12-14-31-15-13-26)16-20(21)25-22(27)10-11-23(28)24-18(4)7-6-17(2)3/h8-9,16-18H,5-7,10-15H2,1-4H3,(H,24,28). The number of amides is 1. The van der Waals surface area contributed by atoms with Crippen molar-refractivity contribution in [3.05, 3.63) is 24.0 Å². The highest BCUT2D eigenvalue weighted by atomic mass is 32.2. The molecule has 1 unspecified atom stereocenters. The van der Waals surface area contributed by atoms with Gasteiger partial charge in [0.1, 0.15) is 5.82 Å². The number of imidazole rings is 1. The molecule has 1 aliphatic rings. The first-order chi connectivity index (χ1) is 15.2. The first-order valence-electron chi connectivity index (χ1n) is 11.6. The van der Waals surface area contributed by atoms with Crippen LogP contribution in [0.4, 0.5) is 0 Å². The van der Waals surface area contributed by atoms with Crippen molar-refractivity contribution in [1.29, 1.82) is 0 Å². The summed E-state index contributed by atoms with van der Waals surface area (Å²) in [4.78, 5) is 17.3. The average molecular weight is 465 g/mol. The Bertz CT molecular complexity index is 1030. The molecule has 0 radical (unpaired) electrons. The summed E-state index contributed by atoms with van der Waals surface area (Å²) < 4.78 is 34.8. The third-order valence-corrected chi connectivity index (χ3v) is 7.78. The summed E-state index contributed by atoms with van der Waals surface area (Å²) in [5, 5.41) is 3.07. The van der Waals surface area contributed by atoms with Crippen LogP contribution in [0, 0.1) is 5.92 Å². The Morgan fingerprint density at radius 3 is 2.56 bits per heavy atom. The molecule has 3 rings (SSSR count). The Hall–Kier alpha value is -1.97. The van der Waals surface area contributed by atoms with E-state index < -0.39 is 10.0 Å². The Labute approximate surface area is 191 Å². The molecule has 0 spiro atoms. The molecule has 1 fully saturated rings. The van der Waals surface area contributed by atoms with Crippen molar-refractivity contribution in [1.82, 2.24) is 19.2 Å². The third-order valence-electron chi connectivity index (χ3n) is 5.88. The number of benzene rings is 1. The predicted molar refractivity (Wildman–Crippen MR) is 125 cm³/mol. The highest BCUT2D eigenvalue weighted by molar-refractivity contribution is 7.89. The van der Waals surface area contributed by atoms with Gasteiger partial charge in [0.05, 0.1) is 29.1 Å². The van der Waals surface area contributed by atoms with Gasteiger partial charge in [-0.1, -0.05) is 13.8 Å². The number of sulfonamides is 1. The van der Waals surface area contributed by atoms with Gasteiger partial charge in [-0.2, -0.15) is 4.31 Å². The fourth-order valence-electron chi connectivity index (χ4n) is 4.03. The topological polar surface area (TPSA) is 93.5 Å². The second-order valence-corrected chi connectivity index (χ2v) is 10.8. The molecule has 32 heavy (non-hydrogen) atoms. The quantitative estimate of drug-likeness (QED) is 0.583. The lowest BCUT2D eigenvalue weighted by atomic mass is 10.0. The monoisotopic (exact) mass is 464 g/mol. The molecule has 1 aromatic heterocycles. The molecule has 1 saturated heterocycles. The van der Waals surface area contributed by atoms with E-state index in [1.165, 1.54) is 4.31 Å². The Balaban J connectivity index is 1.72. The molecule has 1 aliphatic heterocycles. The van der Waals surface area contributed by atoms with E-state index in [4.69, 9.17) is 4.74 Å². The van der Waals surface area contributed by atoms with Crippen molar-refractivity contribution < 1.29 is 17.9 Å². The number of hydrogen-bond donors (Lipinski definition) is 1. The van der Waals surface area contributed by atoms with E-state index in [9.17, 15) is 13.2 Å². The molecular weight excluding hydrogens is 428 g/mol. The minimum atomic E-state index is -3.57. The zero-order chi connectivity index (χ0) is 23.3. The maximum Gasteiger partial charge on any atom is 0.243 e. The number of aryl methyl sites for hydroxylation is 2. The van der Waals surface area contributed by atoms with E-state index in [2.05, 4.69) is 28.7 Å². The van der Waals surface area contributed by atoms with Gasteiger partial charge in [0.15, 0.2) is 0 Å². The van der Waals surface area contributed by atoms with Gasteiger partial charge in [-0.25, -0.2) is 13.4 Å². The second-order valence-electron chi connectivity index (χ2n) is 8.88. The molecule has 8 nitrogen and oxygen atoms in total. The fraction of sp³-hybridized carbons (Fsp3) is 0.652. The lowest BCUT2D eigenvalue weighted by molar-refractivity contribution is -0.121. The van der Waals surface area contributed by atoms with Gasteiger partial charge in [0.2, 0.25) is 15.9 Å². The molecule has 2 heterocycles. The average Bonchev–Trinajstić information content (AvgIpc) is 3.13. The van der Waals surface area contributed by atoms with Crippen molar-refractivity contribution in [3.63, 3.8) is 0 Å². The number of aromatic nitrogens is 2. The van der Waals surface area contributed by atoms with E-state index in [0.29, 0.717) is 57.1 Å². The molecule has 1 aromatic carbocycles. The van der Waals surface area contributed by atoms with Gasteiger partial charge in [-0.15, -0.1) is 0 Å². The van der Waals surface area contributed by atoms with Crippen LogP contribution in [-0.2, 0) is 32.5 Å². The second kappa shape index (κ2) is 10.8. The lowest BCUT2D eigenvalue weighted by Crippen LogP contribution is -2.40. The maximum atomic E-state index is 13.0. The van der Waals surface area contributed by atoms with Crippen molar-refractivity contribution in [2.75, 3.05) is 26.3 Å². The SMILES string of the molecule is CCn1c(CCC(=O)NC(C)CCC(C)C)nc2cc(S(=O)(=O)N3CCOCC3)ccc21. The Kier molecular flexibility index (Phi) is 8.30. The Morgan fingerprint density at radius 2 is 1.91 bits per heavy atom. The van der Waals surface area contributed by atoms with Gasteiger partial charge in [0.25, 0.3) is 0 Å². The van der Waals surface area contributed by atoms with Crippen LogP contribution in [-0.4, -0.2) is 60.5 Å². The van der Waals surface area contributed by atoms with Gasteiger partial charge >= 0.3 is 0 Å². The lowest BCUT2D eigenvalue weighted by Gasteiger charge is -2.26. The normalized spacial score (nSPS) is 16.5. The number of fused-ring (bicyclic) bond motifs is 1. The van der Waals surface area contributed by atoms with Gasteiger partial charge in [-0.05, 0) is 50.8 Å². The van der Waals surface area contributed by atoms with Crippen LogP contribution in [0.25, 0.3) is 11.0 Å². The van der Waals surface area contributed by atoms with E-state index in [1.54, 1.807) is 12.1 Å². The number of nitrogens with zero attached hydrogens (tertiary/aromatic N) is 3. The van der Waals surface area contributed by atoms with Crippen LogP contribution in [0.15, 0.2) is 23.1 Å². The number of ether oxygens (including phenoxy) is 1. The summed E-state index contributed by atoms with van der Waals surface area (Å²) in [6.45, 7) is 10.7. The van der Waals surface area contributed by atoms with Crippen LogP contribution in [0.2, 0.25) is 0 Å². The van der Waals surface area contributed by atoms with Gasteiger partial charge in [0, 0.05) is 38.5 Å². The smallest absolute Gasteiger partial charge is 0.243 e. The number of nitrogens with one attached hydrogen (secondary N) is 1. The van der Waals surface area contributed by atoms with Crippen molar-refractivity contribution in [2.24, 2.45) is 5.92 Å². The van der Waals surface area contributed by atoms with Gasteiger partial charge < -0.3 is 14.6 Å². The Morgan fingerprint density at radius 1 is 1.19 bits per heavy atom. The highest BCUT2D eigenvalue weighted by Gasteiger charge is 2.27. The van der Waals surface area contributed by atoms with E-state index in [1.807, 2.05) is 19.9 Å². The molecule has 0 aliphatic carbocycles. The first kappa shape index (κ1) is 24.7. The largest absolute Gasteiger partial charge is 0.379 e. The van der Waals surface area contributed by atoms with Crippen molar-refractivity contribution >= 4 is 27.0 Å². The number of carbonyl (C=O) groups excluding carboxylic acids is 1. The molecule has 1 amide bonds. The number of carbonyl (C=O) groups is 1. The molecule has 9 heteroatoms. The summed E-state index contributed by atoms with van der Waals surface area (Å²) in [6, 6.07) is 5.26.